The molecule has 1 aliphatic heterocycles. The molecule has 1 nitrogen and oxygen atoms in total. The highest BCUT2D eigenvalue weighted by molar-refractivity contribution is 8.00. The summed E-state index contributed by atoms with van der Waals surface area (Å²) in [7, 11) is -1.67. The number of rotatable bonds is 2. The van der Waals surface area contributed by atoms with Crippen LogP contribution < -0.4 is 0 Å². The van der Waals surface area contributed by atoms with Crippen molar-refractivity contribution in [1.29, 1.82) is 0 Å². The normalized spacial score (nSPS) is 46.1. The number of hydrogen-bond donors (Lipinski definition) is 0. The van der Waals surface area contributed by atoms with Gasteiger partial charge in [0.2, 0.25) is 0 Å². The molecule has 31 heavy (non-hydrogen) atoms. The second-order valence-corrected chi connectivity index (χ2v) is 20.6. The third-order valence-corrected chi connectivity index (χ3v) is 17.3. The van der Waals surface area contributed by atoms with E-state index in [4.69, 9.17) is 0 Å². The monoisotopic (exact) mass is 463 g/mol. The topological polar surface area (TPSA) is 3.24 Å². The van der Waals surface area contributed by atoms with Gasteiger partial charge in [0.25, 0.3) is 0 Å². The van der Waals surface area contributed by atoms with Gasteiger partial charge in [0, 0.05) is 21.6 Å². The van der Waals surface area contributed by atoms with E-state index in [-0.39, 0.29) is 11.1 Å². The molecule has 10 atom stereocenters. The Morgan fingerprint density at radius 1 is 0.742 bits per heavy atom. The molecule has 4 fully saturated rings. The highest BCUT2D eigenvalue weighted by Gasteiger charge is 2.63. The van der Waals surface area contributed by atoms with Crippen molar-refractivity contribution in [2.24, 2.45) is 41.4 Å². The lowest BCUT2D eigenvalue weighted by molar-refractivity contribution is 0.0758. The quantitative estimate of drug-likeness (QED) is 0.379. The van der Waals surface area contributed by atoms with E-state index in [9.17, 15) is 0 Å². The molecule has 3 saturated carbocycles. The summed E-state index contributed by atoms with van der Waals surface area (Å²) in [6.45, 7) is 28.3. The Morgan fingerprint density at radius 2 is 1.32 bits per heavy atom. The Bertz CT molecular complexity index is 647. The van der Waals surface area contributed by atoms with Crippen LogP contribution in [0.15, 0.2) is 0 Å². The van der Waals surface area contributed by atoms with Gasteiger partial charge < -0.3 is 4.57 Å². The Labute approximate surface area is 200 Å². The summed E-state index contributed by atoms with van der Waals surface area (Å²) in [5.74, 6) is 6.81. The van der Waals surface area contributed by atoms with Gasteiger partial charge >= 0.3 is 0 Å². The van der Waals surface area contributed by atoms with Crippen LogP contribution in [0.2, 0.25) is 18.6 Å². The van der Waals surface area contributed by atoms with Crippen molar-refractivity contribution in [3.63, 3.8) is 0 Å². The Hall–Kier alpha value is 0.527. The molecule has 180 valence electrons. The van der Waals surface area contributed by atoms with Gasteiger partial charge in [-0.25, -0.2) is 0 Å². The first-order valence-electron chi connectivity index (χ1n) is 13.6. The first-order chi connectivity index (χ1) is 14.2. The molecule has 3 aliphatic carbocycles. The minimum absolute atomic E-state index is 0.236. The highest BCUT2D eigenvalue weighted by atomic mass is 32.2. The Balaban J connectivity index is 1.75. The van der Waals surface area contributed by atoms with Crippen LogP contribution in [0.3, 0.4) is 0 Å². The third kappa shape index (κ3) is 4.03. The molecule has 0 aromatic carbocycles. The lowest BCUT2D eigenvalue weighted by atomic mass is 9.61. The zero-order chi connectivity index (χ0) is 23.1. The second kappa shape index (κ2) is 8.04. The first-order valence-corrected chi connectivity index (χ1v) is 17.6. The van der Waals surface area contributed by atoms with Crippen molar-refractivity contribution in [3.05, 3.63) is 0 Å². The molecular formula is C28H53NSSi. The lowest BCUT2D eigenvalue weighted by Crippen LogP contribution is -2.68. The fourth-order valence-corrected chi connectivity index (χ4v) is 19.5. The number of hydrogen-bond acceptors (Lipinski definition) is 2. The van der Waals surface area contributed by atoms with E-state index in [0.29, 0.717) is 0 Å². The van der Waals surface area contributed by atoms with E-state index in [0.717, 1.165) is 57.5 Å². The molecule has 0 aromatic rings. The maximum atomic E-state index is 3.05. The predicted molar refractivity (Wildman–Crippen MR) is 142 cm³/mol. The fraction of sp³-hybridized carbons (Fsp3) is 1.00. The molecule has 0 spiro atoms. The van der Waals surface area contributed by atoms with Crippen LogP contribution in [0.5, 0.6) is 0 Å². The number of thioether (sulfide) groups is 1. The number of fused-ring (bicyclic) bond motifs is 5. The van der Waals surface area contributed by atoms with Crippen LogP contribution in [0.4, 0.5) is 0 Å². The average molecular weight is 464 g/mol. The molecule has 0 aromatic heterocycles. The molecule has 0 bridgehead atoms. The molecule has 1 heterocycles. The summed E-state index contributed by atoms with van der Waals surface area (Å²) in [4.78, 5) is 0. The van der Waals surface area contributed by atoms with Gasteiger partial charge in [-0.15, -0.1) is 0 Å². The van der Waals surface area contributed by atoms with Crippen LogP contribution in [0, 0.1) is 41.4 Å². The van der Waals surface area contributed by atoms with E-state index < -0.39 is 8.24 Å². The summed E-state index contributed by atoms with van der Waals surface area (Å²) in [6, 6.07) is 0. The Kier molecular flexibility index (Phi) is 6.39. The molecule has 4 aliphatic rings. The minimum atomic E-state index is -1.67. The zero-order valence-corrected chi connectivity index (χ0v) is 24.5. The van der Waals surface area contributed by atoms with Gasteiger partial charge in [0.15, 0.2) is 0 Å². The first kappa shape index (κ1) is 24.6. The molecule has 0 N–H and O–H groups in total. The van der Waals surface area contributed by atoms with Crippen LogP contribution in [0.1, 0.15) is 94.4 Å². The van der Waals surface area contributed by atoms with E-state index >= 15 is 0 Å². The van der Waals surface area contributed by atoms with Gasteiger partial charge in [-0.2, -0.15) is 11.8 Å². The molecule has 10 unspecified atom stereocenters. The van der Waals surface area contributed by atoms with Gasteiger partial charge in [-0.3, -0.25) is 0 Å². The zero-order valence-electron chi connectivity index (χ0n) is 22.7. The van der Waals surface area contributed by atoms with Crippen molar-refractivity contribution >= 4 is 20.0 Å². The molecule has 3 heteroatoms. The summed E-state index contributed by atoms with van der Waals surface area (Å²) in [6.07, 6.45) is 7.54. The van der Waals surface area contributed by atoms with Gasteiger partial charge in [-0.05, 0) is 114 Å². The van der Waals surface area contributed by atoms with Gasteiger partial charge in [-0.1, -0.05) is 40.3 Å². The average Bonchev–Trinajstić information content (AvgIpc) is 3.10. The van der Waals surface area contributed by atoms with E-state index in [2.05, 4.69) is 91.7 Å². The van der Waals surface area contributed by atoms with E-state index in [1.165, 1.54) is 32.1 Å². The fourth-order valence-electron chi connectivity index (χ4n) is 10.5. The summed E-state index contributed by atoms with van der Waals surface area (Å²) in [5, 5.41) is 1.92. The largest absolute Gasteiger partial charge is 0.314 e. The standard InChI is InChI=1S/C28H53NSSi/c1-17-13-12-14-21-23-22-20(15-18(2)25(23)30-24(17)21)16-19(3)26(22)31(10,11)29(27(4,5)6)28(7,8)9/h17-26H,12-16H2,1-11H3. The smallest absolute Gasteiger partial charge is 0.126 e. The molecule has 0 radical (unpaired) electrons. The maximum Gasteiger partial charge on any atom is 0.126 e. The summed E-state index contributed by atoms with van der Waals surface area (Å²) in [5.41, 5.74) is 1.42. The van der Waals surface area contributed by atoms with Crippen molar-refractivity contribution in [2.75, 3.05) is 0 Å². The van der Waals surface area contributed by atoms with Crippen LogP contribution in [0.25, 0.3) is 0 Å². The Morgan fingerprint density at radius 3 is 1.90 bits per heavy atom. The van der Waals surface area contributed by atoms with Crippen LogP contribution in [-0.4, -0.2) is 34.4 Å². The SMILES string of the molecule is CC1CCCC2C1SC1C(C)CC3CC(C)C([Si](C)(C)N(C(C)(C)C)C(C)(C)C)C3C21. The lowest BCUT2D eigenvalue weighted by Gasteiger charge is -2.59. The summed E-state index contributed by atoms with van der Waals surface area (Å²) < 4.78 is 3.05. The predicted octanol–water partition coefficient (Wildman–Crippen LogP) is 8.31. The van der Waals surface area contributed by atoms with E-state index in [1.807, 2.05) is 0 Å². The molecule has 1 saturated heterocycles. The molecule has 0 amide bonds. The van der Waals surface area contributed by atoms with Crippen molar-refractivity contribution < 1.29 is 0 Å². The highest BCUT2D eigenvalue weighted by Crippen LogP contribution is 2.68. The maximum absolute atomic E-state index is 3.05. The minimum Gasteiger partial charge on any atom is -0.314 e. The van der Waals surface area contributed by atoms with Gasteiger partial charge in [0.05, 0.1) is 0 Å². The molecule has 4 rings (SSSR count). The second-order valence-electron chi connectivity index (χ2n) is 14.8. The van der Waals surface area contributed by atoms with Crippen LogP contribution >= 0.6 is 11.8 Å². The number of nitrogens with zero attached hydrogens (tertiary/aromatic N) is 1. The van der Waals surface area contributed by atoms with Crippen molar-refractivity contribution in [3.8, 4) is 0 Å². The van der Waals surface area contributed by atoms with Crippen molar-refractivity contribution in [1.82, 2.24) is 4.57 Å². The molecular weight excluding hydrogens is 410 g/mol. The van der Waals surface area contributed by atoms with Crippen molar-refractivity contribution in [2.45, 2.75) is 135 Å². The van der Waals surface area contributed by atoms with Crippen LogP contribution in [-0.2, 0) is 0 Å². The summed E-state index contributed by atoms with van der Waals surface area (Å²) >= 11 is 2.48. The van der Waals surface area contributed by atoms with E-state index in [1.54, 1.807) is 0 Å². The third-order valence-electron chi connectivity index (χ3n) is 10.0. The van der Waals surface area contributed by atoms with Gasteiger partial charge in [0.1, 0.15) is 8.24 Å².